The molecular weight excluding hydrogens is 268 g/mol. The molecule has 0 saturated carbocycles. The Labute approximate surface area is 126 Å². The molecule has 5 heteroatoms. The lowest BCUT2D eigenvalue weighted by molar-refractivity contribution is -0.139. The summed E-state index contributed by atoms with van der Waals surface area (Å²) in [5.41, 5.74) is 1.82. The first-order valence-electron chi connectivity index (χ1n) is 7.22. The summed E-state index contributed by atoms with van der Waals surface area (Å²) in [5, 5.41) is 11.8. The van der Waals surface area contributed by atoms with Gasteiger partial charge in [-0.25, -0.2) is 9.59 Å². The van der Waals surface area contributed by atoms with Gasteiger partial charge in [-0.05, 0) is 43.9 Å². The Balaban J connectivity index is 2.85. The molecule has 0 aliphatic rings. The van der Waals surface area contributed by atoms with Gasteiger partial charge in [0.1, 0.15) is 6.04 Å². The van der Waals surface area contributed by atoms with Crippen molar-refractivity contribution in [2.45, 2.75) is 40.2 Å². The predicted molar refractivity (Wildman–Crippen MR) is 83.6 cm³/mol. The molecule has 0 heterocycles. The molecule has 1 aromatic rings. The van der Waals surface area contributed by atoms with Crippen LogP contribution < -0.4 is 10.2 Å². The van der Waals surface area contributed by atoms with Crippen LogP contribution in [0.15, 0.2) is 24.3 Å². The van der Waals surface area contributed by atoms with Gasteiger partial charge in [-0.1, -0.05) is 26.0 Å². The fourth-order valence-corrected chi connectivity index (χ4v) is 2.16. The third-order valence-electron chi connectivity index (χ3n) is 3.18. The summed E-state index contributed by atoms with van der Waals surface area (Å²) >= 11 is 0. The number of carboxylic acids is 1. The molecule has 0 radical (unpaired) electrons. The number of rotatable bonds is 6. The van der Waals surface area contributed by atoms with Gasteiger partial charge in [-0.3, -0.25) is 4.90 Å². The maximum Gasteiger partial charge on any atom is 0.326 e. The fourth-order valence-electron chi connectivity index (χ4n) is 2.16. The van der Waals surface area contributed by atoms with Crippen LogP contribution in [0.1, 0.15) is 32.8 Å². The minimum Gasteiger partial charge on any atom is -0.480 e. The highest BCUT2D eigenvalue weighted by Gasteiger charge is 2.24. The second-order valence-corrected chi connectivity index (χ2v) is 5.55. The standard InChI is InChI=1S/C16H24N2O3/c1-5-18(13-8-6-7-12(4)10-13)16(21)17-14(15(19)20)9-11(2)3/h6-8,10-11,14H,5,9H2,1-4H3,(H,17,21)(H,19,20). The minimum absolute atomic E-state index is 0.195. The Kier molecular flexibility index (Phi) is 6.21. The number of hydrogen-bond acceptors (Lipinski definition) is 2. The Bertz CT molecular complexity index is 500. The van der Waals surface area contributed by atoms with Crippen molar-refractivity contribution in [2.24, 2.45) is 5.92 Å². The van der Waals surface area contributed by atoms with E-state index < -0.39 is 12.0 Å². The van der Waals surface area contributed by atoms with Gasteiger partial charge in [-0.2, -0.15) is 0 Å². The van der Waals surface area contributed by atoms with Gasteiger partial charge < -0.3 is 10.4 Å². The van der Waals surface area contributed by atoms with Crippen LogP contribution >= 0.6 is 0 Å². The van der Waals surface area contributed by atoms with Crippen molar-refractivity contribution in [3.63, 3.8) is 0 Å². The number of hydrogen-bond donors (Lipinski definition) is 2. The first-order valence-corrected chi connectivity index (χ1v) is 7.22. The number of amides is 2. The Morgan fingerprint density at radius 2 is 2.00 bits per heavy atom. The monoisotopic (exact) mass is 292 g/mol. The topological polar surface area (TPSA) is 69.6 Å². The number of anilines is 1. The molecule has 5 nitrogen and oxygen atoms in total. The molecule has 0 aliphatic carbocycles. The lowest BCUT2D eigenvalue weighted by Gasteiger charge is -2.25. The molecular formula is C16H24N2O3. The average molecular weight is 292 g/mol. The number of benzene rings is 1. The normalized spacial score (nSPS) is 12.0. The van der Waals surface area contributed by atoms with Crippen molar-refractivity contribution >= 4 is 17.7 Å². The van der Waals surface area contributed by atoms with Crippen molar-refractivity contribution in [1.29, 1.82) is 0 Å². The third-order valence-corrected chi connectivity index (χ3v) is 3.18. The molecule has 21 heavy (non-hydrogen) atoms. The zero-order valence-electron chi connectivity index (χ0n) is 13.1. The predicted octanol–water partition coefficient (Wildman–Crippen LogP) is 3.03. The molecule has 0 aromatic heterocycles. The van der Waals surface area contributed by atoms with Gasteiger partial charge >= 0.3 is 12.0 Å². The Morgan fingerprint density at radius 1 is 1.33 bits per heavy atom. The van der Waals surface area contributed by atoms with Crippen LogP contribution in [0, 0.1) is 12.8 Å². The van der Waals surface area contributed by atoms with E-state index in [0.717, 1.165) is 11.3 Å². The van der Waals surface area contributed by atoms with Crippen LogP contribution in [-0.2, 0) is 4.79 Å². The van der Waals surface area contributed by atoms with E-state index in [-0.39, 0.29) is 11.9 Å². The van der Waals surface area contributed by atoms with E-state index in [1.54, 1.807) is 4.90 Å². The van der Waals surface area contributed by atoms with Gasteiger partial charge in [0.05, 0.1) is 0 Å². The van der Waals surface area contributed by atoms with Crippen LogP contribution in [0.2, 0.25) is 0 Å². The molecule has 0 spiro atoms. The molecule has 116 valence electrons. The van der Waals surface area contributed by atoms with E-state index in [4.69, 9.17) is 0 Å². The van der Waals surface area contributed by atoms with Crippen molar-refractivity contribution < 1.29 is 14.7 Å². The Hall–Kier alpha value is -2.04. The van der Waals surface area contributed by atoms with E-state index in [0.29, 0.717) is 13.0 Å². The SMILES string of the molecule is CCN(C(=O)NC(CC(C)C)C(=O)O)c1cccc(C)c1. The van der Waals surface area contributed by atoms with Crippen LogP contribution in [0.3, 0.4) is 0 Å². The van der Waals surface area contributed by atoms with Crippen molar-refractivity contribution in [3.05, 3.63) is 29.8 Å². The Morgan fingerprint density at radius 3 is 2.48 bits per heavy atom. The van der Waals surface area contributed by atoms with E-state index >= 15 is 0 Å². The molecule has 0 aliphatic heterocycles. The summed E-state index contributed by atoms with van der Waals surface area (Å²) in [4.78, 5) is 25.1. The van der Waals surface area contributed by atoms with Crippen LogP contribution in [0.4, 0.5) is 10.5 Å². The molecule has 2 N–H and O–H groups in total. The number of urea groups is 1. The summed E-state index contributed by atoms with van der Waals surface area (Å²) in [6.45, 7) is 8.15. The molecule has 0 fully saturated rings. The summed E-state index contributed by atoms with van der Waals surface area (Å²) in [5.74, 6) is -0.808. The number of nitrogens with one attached hydrogen (secondary N) is 1. The quantitative estimate of drug-likeness (QED) is 0.846. The van der Waals surface area contributed by atoms with Gasteiger partial charge in [-0.15, -0.1) is 0 Å². The zero-order valence-corrected chi connectivity index (χ0v) is 13.1. The van der Waals surface area contributed by atoms with E-state index in [1.165, 1.54) is 0 Å². The molecule has 1 atom stereocenters. The molecule has 1 aromatic carbocycles. The maximum absolute atomic E-state index is 12.3. The maximum atomic E-state index is 12.3. The lowest BCUT2D eigenvalue weighted by atomic mass is 10.0. The highest BCUT2D eigenvalue weighted by atomic mass is 16.4. The first-order chi connectivity index (χ1) is 9.85. The number of aryl methyl sites for hydroxylation is 1. The summed E-state index contributed by atoms with van der Waals surface area (Å²) in [6, 6.07) is 6.33. The number of carbonyl (C=O) groups is 2. The second-order valence-electron chi connectivity index (χ2n) is 5.55. The minimum atomic E-state index is -1.00. The number of nitrogens with zero attached hydrogens (tertiary/aromatic N) is 1. The average Bonchev–Trinajstić information content (AvgIpc) is 2.38. The second kappa shape index (κ2) is 7.67. The van der Waals surface area contributed by atoms with Gasteiger partial charge in [0.15, 0.2) is 0 Å². The lowest BCUT2D eigenvalue weighted by Crippen LogP contribution is -2.48. The van der Waals surface area contributed by atoms with Gasteiger partial charge in [0.25, 0.3) is 0 Å². The zero-order chi connectivity index (χ0) is 16.0. The van der Waals surface area contributed by atoms with E-state index in [1.807, 2.05) is 52.0 Å². The smallest absolute Gasteiger partial charge is 0.326 e. The van der Waals surface area contributed by atoms with Crippen molar-refractivity contribution in [1.82, 2.24) is 5.32 Å². The molecule has 0 bridgehead atoms. The molecule has 0 saturated heterocycles. The number of aliphatic carboxylic acids is 1. The van der Waals surface area contributed by atoms with E-state index in [2.05, 4.69) is 5.32 Å². The summed E-state index contributed by atoms with van der Waals surface area (Å²) in [6.07, 6.45) is 0.409. The van der Waals surface area contributed by atoms with Gasteiger partial charge in [0.2, 0.25) is 0 Å². The molecule has 1 rings (SSSR count). The summed E-state index contributed by atoms with van der Waals surface area (Å²) < 4.78 is 0. The first kappa shape index (κ1) is 17.0. The highest BCUT2D eigenvalue weighted by Crippen LogP contribution is 2.16. The van der Waals surface area contributed by atoms with E-state index in [9.17, 15) is 14.7 Å². The number of carbonyl (C=O) groups excluding carboxylic acids is 1. The summed E-state index contributed by atoms with van der Waals surface area (Å²) in [7, 11) is 0. The van der Waals surface area contributed by atoms with Gasteiger partial charge in [0, 0.05) is 12.2 Å². The van der Waals surface area contributed by atoms with Crippen LogP contribution in [0.5, 0.6) is 0 Å². The molecule has 2 amide bonds. The largest absolute Gasteiger partial charge is 0.480 e. The van der Waals surface area contributed by atoms with Crippen molar-refractivity contribution in [2.75, 3.05) is 11.4 Å². The van der Waals surface area contributed by atoms with Crippen molar-refractivity contribution in [3.8, 4) is 0 Å². The van der Waals surface area contributed by atoms with Crippen LogP contribution in [-0.4, -0.2) is 29.7 Å². The van der Waals surface area contributed by atoms with Crippen LogP contribution in [0.25, 0.3) is 0 Å². The molecule has 1 unspecified atom stereocenters. The number of carboxylic acid groups (broad SMARTS) is 1. The third kappa shape index (κ3) is 5.10. The highest BCUT2D eigenvalue weighted by molar-refractivity contribution is 5.94. The fraction of sp³-hybridized carbons (Fsp3) is 0.500.